The molecule has 0 heterocycles. The molecule has 0 aliphatic heterocycles. The van der Waals surface area contributed by atoms with E-state index in [1.165, 1.54) is 0 Å². The van der Waals surface area contributed by atoms with Crippen LogP contribution in [-0.2, 0) is 24.4 Å². The van der Waals surface area contributed by atoms with Crippen molar-refractivity contribution in [1.82, 2.24) is 0 Å². The highest BCUT2D eigenvalue weighted by Gasteiger charge is 2.40. The topological polar surface area (TPSA) is 95.8 Å². The van der Waals surface area contributed by atoms with E-state index in [-0.39, 0.29) is 18.3 Å². The fraction of sp³-hybridized carbons (Fsp3) is 0.368. The minimum Gasteiger partial charge on any atom is -0.543 e. The minimum absolute atomic E-state index is 0.0469. The van der Waals surface area contributed by atoms with Gasteiger partial charge in [0.05, 0.1) is 13.2 Å². The molecule has 0 unspecified atom stereocenters. The maximum Gasteiger partial charge on any atom is 0.250 e. The molecule has 8 nitrogen and oxygen atoms in total. The van der Waals surface area contributed by atoms with Crippen LogP contribution in [0.5, 0.6) is 28.7 Å². The highest BCUT2D eigenvalue weighted by atomic mass is 28.4. The summed E-state index contributed by atoms with van der Waals surface area (Å²) >= 11 is 0. The summed E-state index contributed by atoms with van der Waals surface area (Å²) in [5, 5.41) is 22.9. The normalized spacial score (nSPS) is 13.0. The molecule has 4 aromatic carbocycles. The van der Waals surface area contributed by atoms with Gasteiger partial charge < -0.3 is 38.3 Å². The van der Waals surface area contributed by atoms with Crippen molar-refractivity contribution in [3.63, 3.8) is 0 Å². The van der Waals surface area contributed by atoms with Crippen molar-refractivity contribution in [2.45, 2.75) is 70.7 Å². The summed E-state index contributed by atoms with van der Waals surface area (Å²) in [6, 6.07) is 28.4. The van der Waals surface area contributed by atoms with Gasteiger partial charge in [-0.1, -0.05) is 87.5 Å². The monoisotopic (exact) mass is 660 g/mol. The molecule has 0 radical (unpaired) electrons. The van der Waals surface area contributed by atoms with Gasteiger partial charge in [0.15, 0.2) is 18.3 Å². The van der Waals surface area contributed by atoms with Gasteiger partial charge in [-0.05, 0) is 47.0 Å². The van der Waals surface area contributed by atoms with Crippen LogP contribution < -0.4 is 23.4 Å². The van der Waals surface area contributed by atoms with Gasteiger partial charge in [-0.3, -0.25) is 0 Å². The number of aliphatic hydroxyl groups is 2. The van der Waals surface area contributed by atoms with Gasteiger partial charge in [-0.25, -0.2) is 0 Å². The molecule has 47 heavy (non-hydrogen) atoms. The molecule has 0 amide bonds. The Morgan fingerprint density at radius 3 is 1.81 bits per heavy atom. The molecule has 0 spiro atoms. The fourth-order valence-corrected chi connectivity index (χ4v) is 5.69. The van der Waals surface area contributed by atoms with E-state index in [0.29, 0.717) is 53.1 Å². The third kappa shape index (κ3) is 9.74. The first-order valence-corrected chi connectivity index (χ1v) is 18.7. The molecule has 2 atom stereocenters. The van der Waals surface area contributed by atoms with E-state index < -0.39 is 20.5 Å². The van der Waals surface area contributed by atoms with Crippen LogP contribution in [0.3, 0.4) is 0 Å². The number of ether oxygens (including phenoxy) is 5. The predicted octanol–water partition coefficient (Wildman–Crippen LogP) is 7.86. The zero-order valence-electron chi connectivity index (χ0n) is 28.5. The number of benzene rings is 4. The first kappa shape index (κ1) is 35.8. The Kier molecular flexibility index (Phi) is 12.3. The first-order valence-electron chi connectivity index (χ1n) is 15.8. The van der Waals surface area contributed by atoms with Crippen LogP contribution in [0.2, 0.25) is 18.1 Å². The van der Waals surface area contributed by atoms with Crippen LogP contribution in [0, 0.1) is 0 Å². The number of methoxy groups -OCH3 is 2. The summed E-state index contributed by atoms with van der Waals surface area (Å²) in [4.78, 5) is 0. The van der Waals surface area contributed by atoms with Crippen molar-refractivity contribution in [1.29, 1.82) is 0 Å². The van der Waals surface area contributed by atoms with Crippen LogP contribution in [0.15, 0.2) is 91.0 Å². The highest BCUT2D eigenvalue weighted by Crippen LogP contribution is 2.43. The zero-order chi connectivity index (χ0) is 34.0. The number of aliphatic hydroxyl groups excluding tert-OH is 2. The Labute approximate surface area is 279 Å². The molecular formula is C38H48O8Si. The summed E-state index contributed by atoms with van der Waals surface area (Å²) in [6.45, 7) is 11.5. The first-order chi connectivity index (χ1) is 22.4. The molecule has 0 aliphatic rings. The molecular weight excluding hydrogens is 612 g/mol. The molecule has 2 N–H and O–H groups in total. The van der Waals surface area contributed by atoms with Gasteiger partial charge in [0.2, 0.25) is 8.32 Å². The second kappa shape index (κ2) is 16.2. The number of hydrogen-bond donors (Lipinski definition) is 2. The second-order valence-corrected chi connectivity index (χ2v) is 17.7. The quantitative estimate of drug-likeness (QED) is 0.0927. The summed E-state index contributed by atoms with van der Waals surface area (Å²) in [5.41, 5.74) is 3.13. The second-order valence-electron chi connectivity index (χ2n) is 13.0. The standard InChI is InChI=1S/C38H48O8Si/c1-38(2,3)47(6,7)46-35-22-30(45-26-41-4)21-34(44-25-28-16-12-9-13-17-28)31(35)23-32(39)37(40)29-18-19-33(36(20-29)42-5)43-24-27-14-10-8-11-15-27/h8-22,32,37,39-40H,23-26H2,1-7H3/t32-,37-/m0/s1. The lowest BCUT2D eigenvalue weighted by Crippen LogP contribution is -2.44. The average molecular weight is 661 g/mol. The smallest absolute Gasteiger partial charge is 0.250 e. The van der Waals surface area contributed by atoms with Gasteiger partial charge >= 0.3 is 0 Å². The van der Waals surface area contributed by atoms with Gasteiger partial charge in [-0.2, -0.15) is 0 Å². The largest absolute Gasteiger partial charge is 0.543 e. The Morgan fingerprint density at radius 2 is 1.26 bits per heavy atom. The minimum atomic E-state index is -2.35. The molecule has 4 aromatic rings. The van der Waals surface area contributed by atoms with Gasteiger partial charge in [0, 0.05) is 31.2 Å². The lowest BCUT2D eigenvalue weighted by atomic mass is 9.97. The zero-order valence-corrected chi connectivity index (χ0v) is 29.5. The van der Waals surface area contributed by atoms with E-state index in [4.69, 9.17) is 28.1 Å². The Hall–Kier alpha value is -4.02. The van der Waals surface area contributed by atoms with E-state index in [9.17, 15) is 10.2 Å². The maximum atomic E-state index is 11.5. The molecule has 252 valence electrons. The number of hydrogen-bond acceptors (Lipinski definition) is 8. The Morgan fingerprint density at radius 1 is 0.681 bits per heavy atom. The van der Waals surface area contributed by atoms with Crippen molar-refractivity contribution in [3.8, 4) is 28.7 Å². The van der Waals surface area contributed by atoms with E-state index in [0.717, 1.165) is 11.1 Å². The molecule has 9 heteroatoms. The summed E-state index contributed by atoms with van der Waals surface area (Å²) in [5.74, 6) is 2.54. The van der Waals surface area contributed by atoms with Gasteiger partial charge in [0.25, 0.3) is 0 Å². The van der Waals surface area contributed by atoms with E-state index in [1.54, 1.807) is 38.5 Å². The van der Waals surface area contributed by atoms with Gasteiger partial charge in [0.1, 0.15) is 36.6 Å². The molecule has 0 bridgehead atoms. The lowest BCUT2D eigenvalue weighted by molar-refractivity contribution is 0.0181. The number of rotatable bonds is 16. The maximum absolute atomic E-state index is 11.5. The molecule has 0 saturated heterocycles. The van der Waals surface area contributed by atoms with E-state index >= 15 is 0 Å². The van der Waals surface area contributed by atoms with Crippen molar-refractivity contribution >= 4 is 8.32 Å². The Balaban J connectivity index is 1.65. The highest BCUT2D eigenvalue weighted by molar-refractivity contribution is 6.74. The molecule has 4 rings (SSSR count). The average Bonchev–Trinajstić information content (AvgIpc) is 3.06. The molecule has 0 fully saturated rings. The molecule has 0 aliphatic carbocycles. The van der Waals surface area contributed by atoms with Gasteiger partial charge in [-0.15, -0.1) is 0 Å². The van der Waals surface area contributed by atoms with E-state index in [1.807, 2.05) is 66.7 Å². The van der Waals surface area contributed by atoms with Crippen LogP contribution in [0.25, 0.3) is 0 Å². The van der Waals surface area contributed by atoms with Crippen molar-refractivity contribution < 1.29 is 38.3 Å². The third-order valence-electron chi connectivity index (χ3n) is 8.44. The van der Waals surface area contributed by atoms with Crippen molar-refractivity contribution in [3.05, 3.63) is 113 Å². The fourth-order valence-electron chi connectivity index (χ4n) is 4.66. The summed E-state index contributed by atoms with van der Waals surface area (Å²) in [6.07, 6.45) is -2.39. The van der Waals surface area contributed by atoms with Crippen molar-refractivity contribution in [2.75, 3.05) is 21.0 Å². The van der Waals surface area contributed by atoms with Crippen LogP contribution in [0.4, 0.5) is 0 Å². The molecule has 0 aromatic heterocycles. The summed E-state index contributed by atoms with van der Waals surface area (Å²) < 4.78 is 35.8. The van der Waals surface area contributed by atoms with Crippen LogP contribution in [-0.4, -0.2) is 45.6 Å². The third-order valence-corrected chi connectivity index (χ3v) is 12.8. The van der Waals surface area contributed by atoms with Crippen molar-refractivity contribution in [2.24, 2.45) is 0 Å². The predicted molar refractivity (Wildman–Crippen MR) is 186 cm³/mol. The SMILES string of the molecule is COCOc1cc(OCc2ccccc2)c(C[C@H](O)[C@@H](O)c2ccc(OCc3ccccc3)c(OC)c2)c(O[Si](C)(C)C(C)(C)C)c1. The molecule has 0 saturated carbocycles. The lowest BCUT2D eigenvalue weighted by Gasteiger charge is -2.37. The van der Waals surface area contributed by atoms with E-state index in [2.05, 4.69) is 33.9 Å². The van der Waals surface area contributed by atoms with Crippen LogP contribution in [0.1, 0.15) is 49.1 Å². The Bertz CT molecular complexity index is 1550. The summed E-state index contributed by atoms with van der Waals surface area (Å²) in [7, 11) is 0.754. The van der Waals surface area contributed by atoms with Crippen LogP contribution >= 0.6 is 0 Å².